The Morgan fingerprint density at radius 3 is 2.84 bits per heavy atom. The number of nitrogens with one attached hydrogen (secondary N) is 2. The lowest BCUT2D eigenvalue weighted by atomic mass is 9.99. The van der Waals surface area contributed by atoms with Gasteiger partial charge in [-0.3, -0.25) is 4.79 Å². The molecule has 0 aromatic carbocycles. The van der Waals surface area contributed by atoms with Gasteiger partial charge in [-0.05, 0) is 31.7 Å². The zero-order valence-electron chi connectivity index (χ0n) is 10.9. The van der Waals surface area contributed by atoms with Crippen LogP contribution >= 0.6 is 0 Å². The maximum Gasteiger partial charge on any atom is 0.254 e. The number of aromatic nitrogens is 1. The first-order chi connectivity index (χ1) is 9.13. The fourth-order valence-corrected chi connectivity index (χ4v) is 2.58. The second kappa shape index (κ2) is 5.97. The van der Waals surface area contributed by atoms with Crippen molar-refractivity contribution in [2.45, 2.75) is 38.6 Å². The molecular weight excluding hydrogens is 247 g/mol. The number of anilines is 1. The van der Waals surface area contributed by atoms with Crippen LogP contribution in [0.25, 0.3) is 0 Å². The zero-order chi connectivity index (χ0) is 13.8. The van der Waals surface area contributed by atoms with Crippen LogP contribution in [0.5, 0.6) is 0 Å². The largest absolute Gasteiger partial charge is 0.349 e. The number of rotatable bonds is 4. The van der Waals surface area contributed by atoms with Crippen molar-refractivity contribution in [1.29, 1.82) is 0 Å². The number of carbonyl (C=O) groups is 1. The molecule has 6 heteroatoms. The van der Waals surface area contributed by atoms with E-state index in [1.807, 2.05) is 6.92 Å². The summed E-state index contributed by atoms with van der Waals surface area (Å²) in [6, 6.07) is 1.41. The first kappa shape index (κ1) is 13.7. The van der Waals surface area contributed by atoms with Crippen LogP contribution in [0.2, 0.25) is 0 Å². The fourth-order valence-electron chi connectivity index (χ4n) is 2.58. The Kier molecular flexibility index (Phi) is 4.31. The Balaban J connectivity index is 2.07. The molecule has 19 heavy (non-hydrogen) atoms. The van der Waals surface area contributed by atoms with Crippen LogP contribution in [0.1, 0.15) is 43.0 Å². The monoisotopic (exact) mass is 266 g/mol. The molecule has 1 saturated carbocycles. The Hall–Kier alpha value is -1.69. The van der Waals surface area contributed by atoms with Gasteiger partial charge in [0.15, 0.2) is 11.6 Å². The molecule has 2 rings (SSSR count). The highest BCUT2D eigenvalue weighted by Gasteiger charge is 2.24. The number of carbonyl (C=O) groups excluding carboxylic acids is 1. The Labute approximate surface area is 111 Å². The van der Waals surface area contributed by atoms with Crippen LogP contribution in [0.15, 0.2) is 12.3 Å². The minimum absolute atomic E-state index is 0.0344. The summed E-state index contributed by atoms with van der Waals surface area (Å²) in [5, 5.41) is 2.85. The molecule has 1 aliphatic rings. The number of nitrogens with zero attached hydrogens (tertiary/aromatic N) is 1. The molecule has 5 nitrogen and oxygen atoms in total. The summed E-state index contributed by atoms with van der Waals surface area (Å²) in [5.41, 5.74) is 2.10. The number of halogens is 1. The molecule has 4 N–H and O–H groups in total. The number of hydrogen-bond donors (Lipinski definition) is 3. The van der Waals surface area contributed by atoms with Gasteiger partial charge in [-0.2, -0.15) is 0 Å². The molecule has 1 atom stereocenters. The molecule has 0 spiro atoms. The molecule has 0 bridgehead atoms. The lowest BCUT2D eigenvalue weighted by Gasteiger charge is -2.20. The van der Waals surface area contributed by atoms with Gasteiger partial charge in [0.05, 0.1) is 5.56 Å². The van der Waals surface area contributed by atoms with Crippen LogP contribution in [-0.2, 0) is 0 Å². The van der Waals surface area contributed by atoms with E-state index in [9.17, 15) is 9.18 Å². The van der Waals surface area contributed by atoms with Gasteiger partial charge in [0.2, 0.25) is 0 Å². The SMILES string of the molecule is CC(NC(=O)c1ccnc(NN)c1F)C1CCCC1. The molecule has 104 valence electrons. The second-order valence-corrected chi connectivity index (χ2v) is 4.97. The average Bonchev–Trinajstić information content (AvgIpc) is 2.92. The van der Waals surface area contributed by atoms with E-state index in [2.05, 4.69) is 15.7 Å². The minimum Gasteiger partial charge on any atom is -0.349 e. The van der Waals surface area contributed by atoms with Crippen molar-refractivity contribution in [2.24, 2.45) is 11.8 Å². The molecule has 1 fully saturated rings. The number of nitrogens with two attached hydrogens (primary N) is 1. The van der Waals surface area contributed by atoms with Crippen LogP contribution in [0.4, 0.5) is 10.2 Å². The lowest BCUT2D eigenvalue weighted by Crippen LogP contribution is -2.37. The maximum atomic E-state index is 13.9. The van der Waals surface area contributed by atoms with Gasteiger partial charge in [-0.15, -0.1) is 0 Å². The number of hydrogen-bond acceptors (Lipinski definition) is 4. The molecular formula is C13H19FN4O. The molecule has 1 aromatic rings. The smallest absolute Gasteiger partial charge is 0.254 e. The van der Waals surface area contributed by atoms with E-state index in [1.165, 1.54) is 25.1 Å². The van der Waals surface area contributed by atoms with Crippen molar-refractivity contribution >= 4 is 11.7 Å². The molecule has 1 amide bonds. The highest BCUT2D eigenvalue weighted by Crippen LogP contribution is 2.27. The summed E-state index contributed by atoms with van der Waals surface area (Å²) < 4.78 is 13.9. The maximum absolute atomic E-state index is 13.9. The van der Waals surface area contributed by atoms with Crippen molar-refractivity contribution in [3.8, 4) is 0 Å². The van der Waals surface area contributed by atoms with Crippen molar-refractivity contribution in [1.82, 2.24) is 10.3 Å². The normalized spacial score (nSPS) is 17.2. The third kappa shape index (κ3) is 3.01. The number of amides is 1. The van der Waals surface area contributed by atoms with Crippen molar-refractivity contribution < 1.29 is 9.18 Å². The summed E-state index contributed by atoms with van der Waals surface area (Å²) in [6.07, 6.45) is 6.00. The Morgan fingerprint density at radius 2 is 2.21 bits per heavy atom. The van der Waals surface area contributed by atoms with Gasteiger partial charge in [0.25, 0.3) is 5.91 Å². The second-order valence-electron chi connectivity index (χ2n) is 4.97. The summed E-state index contributed by atoms with van der Waals surface area (Å²) in [6.45, 7) is 1.97. The number of pyridine rings is 1. The van der Waals surface area contributed by atoms with E-state index < -0.39 is 11.7 Å². The highest BCUT2D eigenvalue weighted by atomic mass is 19.1. The van der Waals surface area contributed by atoms with E-state index in [-0.39, 0.29) is 17.4 Å². The van der Waals surface area contributed by atoms with E-state index >= 15 is 0 Å². The lowest BCUT2D eigenvalue weighted by molar-refractivity contribution is 0.0923. The molecule has 1 heterocycles. The van der Waals surface area contributed by atoms with Crippen molar-refractivity contribution in [3.05, 3.63) is 23.6 Å². The van der Waals surface area contributed by atoms with Crippen LogP contribution in [-0.4, -0.2) is 16.9 Å². The van der Waals surface area contributed by atoms with Gasteiger partial charge in [-0.1, -0.05) is 12.8 Å². The van der Waals surface area contributed by atoms with Gasteiger partial charge in [0, 0.05) is 12.2 Å². The third-order valence-electron chi connectivity index (χ3n) is 3.74. The average molecular weight is 266 g/mol. The molecule has 0 saturated heterocycles. The predicted octanol–water partition coefficient (Wildman–Crippen LogP) is 1.81. The summed E-state index contributed by atoms with van der Waals surface area (Å²) >= 11 is 0. The minimum atomic E-state index is -0.721. The van der Waals surface area contributed by atoms with E-state index in [4.69, 9.17) is 5.84 Å². The molecule has 0 radical (unpaired) electrons. The molecule has 0 aliphatic heterocycles. The van der Waals surface area contributed by atoms with E-state index in [1.54, 1.807) is 0 Å². The predicted molar refractivity (Wildman–Crippen MR) is 70.9 cm³/mol. The topological polar surface area (TPSA) is 80.0 Å². The van der Waals surface area contributed by atoms with Gasteiger partial charge in [0.1, 0.15) is 0 Å². The third-order valence-corrected chi connectivity index (χ3v) is 3.74. The number of hydrazine groups is 1. The quantitative estimate of drug-likeness (QED) is 0.573. The summed E-state index contributed by atoms with van der Waals surface area (Å²) in [5.74, 6) is 4.36. The zero-order valence-corrected chi connectivity index (χ0v) is 10.9. The van der Waals surface area contributed by atoms with Gasteiger partial charge in [-0.25, -0.2) is 15.2 Å². The van der Waals surface area contributed by atoms with E-state index in [0.29, 0.717) is 5.92 Å². The fraction of sp³-hybridized carbons (Fsp3) is 0.538. The van der Waals surface area contributed by atoms with E-state index in [0.717, 1.165) is 12.8 Å². The van der Waals surface area contributed by atoms with Crippen molar-refractivity contribution in [3.63, 3.8) is 0 Å². The van der Waals surface area contributed by atoms with Crippen molar-refractivity contribution in [2.75, 3.05) is 5.43 Å². The number of nitrogen functional groups attached to an aromatic ring is 1. The van der Waals surface area contributed by atoms with Gasteiger partial charge >= 0.3 is 0 Å². The first-order valence-corrected chi connectivity index (χ1v) is 6.55. The molecule has 1 aromatic heterocycles. The van der Waals surface area contributed by atoms with Crippen LogP contribution in [0, 0.1) is 11.7 Å². The highest BCUT2D eigenvalue weighted by molar-refractivity contribution is 5.95. The molecule has 1 unspecified atom stereocenters. The Bertz CT molecular complexity index is 460. The summed E-state index contributed by atoms with van der Waals surface area (Å²) in [7, 11) is 0. The van der Waals surface area contributed by atoms with Gasteiger partial charge < -0.3 is 10.7 Å². The molecule has 1 aliphatic carbocycles. The van der Waals surface area contributed by atoms with Crippen LogP contribution in [0.3, 0.4) is 0 Å². The standard InChI is InChI=1S/C13H19FN4O/c1-8(9-4-2-3-5-9)17-13(19)10-6-7-16-12(18-15)11(10)14/h6-9H,2-5,15H2,1H3,(H,16,18)(H,17,19). The van der Waals surface area contributed by atoms with Crippen LogP contribution < -0.4 is 16.6 Å². The Morgan fingerprint density at radius 1 is 1.53 bits per heavy atom. The first-order valence-electron chi connectivity index (χ1n) is 6.55. The summed E-state index contributed by atoms with van der Waals surface area (Å²) in [4.78, 5) is 15.8.